The topological polar surface area (TPSA) is 41.5 Å². The van der Waals surface area contributed by atoms with Gasteiger partial charge in [-0.3, -0.25) is 5.32 Å². The lowest BCUT2D eigenvalue weighted by Crippen LogP contribution is -2.38. The van der Waals surface area contributed by atoms with Crippen LogP contribution in [0.15, 0.2) is 0 Å². The summed E-state index contributed by atoms with van der Waals surface area (Å²) in [6.45, 7) is 5.09. The number of nitrogens with one attached hydrogen (secondary N) is 1. The number of aliphatic hydroxyl groups is 1. The summed E-state index contributed by atoms with van der Waals surface area (Å²) in [5.41, 5.74) is -0.167. The summed E-state index contributed by atoms with van der Waals surface area (Å²) in [7, 11) is 0. The van der Waals surface area contributed by atoms with E-state index in [0.717, 1.165) is 19.4 Å². The summed E-state index contributed by atoms with van der Waals surface area (Å²) in [6.07, 6.45) is 1.86. The molecule has 0 bridgehead atoms. The van der Waals surface area contributed by atoms with E-state index in [1.807, 2.05) is 13.8 Å². The molecule has 1 aliphatic heterocycles. The molecule has 1 heterocycles. The summed E-state index contributed by atoms with van der Waals surface area (Å²) in [6, 6.07) is 0.428. The van der Waals surface area contributed by atoms with Crippen molar-refractivity contribution >= 4 is 0 Å². The van der Waals surface area contributed by atoms with Crippen LogP contribution in [0, 0.1) is 0 Å². The second-order valence-electron chi connectivity index (χ2n) is 3.53. The fourth-order valence-electron chi connectivity index (χ4n) is 1.38. The van der Waals surface area contributed by atoms with E-state index in [1.54, 1.807) is 0 Å². The Hall–Kier alpha value is -0.120. The van der Waals surface area contributed by atoms with Crippen molar-refractivity contribution in [3.63, 3.8) is 0 Å². The van der Waals surface area contributed by atoms with Crippen molar-refractivity contribution in [3.05, 3.63) is 0 Å². The lowest BCUT2D eigenvalue weighted by Gasteiger charge is -2.17. The molecular formula is C8H17NO2. The molecule has 1 atom stereocenters. The van der Waals surface area contributed by atoms with Crippen molar-refractivity contribution in [1.82, 2.24) is 5.32 Å². The first kappa shape index (κ1) is 8.97. The van der Waals surface area contributed by atoms with Crippen LogP contribution in [0.5, 0.6) is 0 Å². The third kappa shape index (κ3) is 2.77. The molecule has 0 aromatic rings. The minimum atomic E-state index is -0.167. The molecule has 3 heteroatoms. The zero-order valence-electron chi connectivity index (χ0n) is 7.26. The molecule has 1 aliphatic rings. The van der Waals surface area contributed by atoms with Crippen LogP contribution < -0.4 is 5.32 Å². The van der Waals surface area contributed by atoms with Crippen molar-refractivity contribution in [2.45, 2.75) is 38.5 Å². The summed E-state index contributed by atoms with van der Waals surface area (Å²) in [5, 5.41) is 11.9. The van der Waals surface area contributed by atoms with Crippen molar-refractivity contribution in [3.8, 4) is 0 Å². The maximum Gasteiger partial charge on any atom is 0.113 e. The third-order valence-corrected chi connectivity index (χ3v) is 1.91. The maximum absolute atomic E-state index is 8.59. The summed E-state index contributed by atoms with van der Waals surface area (Å²) >= 11 is 0. The Labute approximate surface area is 67.7 Å². The molecule has 0 radical (unpaired) electrons. The molecule has 0 saturated carbocycles. The van der Waals surface area contributed by atoms with E-state index in [1.165, 1.54) is 0 Å². The molecule has 3 nitrogen and oxygen atoms in total. The lowest BCUT2D eigenvalue weighted by molar-refractivity contribution is 0.0231. The van der Waals surface area contributed by atoms with Crippen LogP contribution in [0.2, 0.25) is 0 Å². The molecule has 1 saturated heterocycles. The van der Waals surface area contributed by atoms with Crippen LogP contribution >= 0.6 is 0 Å². The average molecular weight is 159 g/mol. The Morgan fingerprint density at radius 3 is 2.82 bits per heavy atom. The lowest BCUT2D eigenvalue weighted by atomic mass is 10.2. The van der Waals surface area contributed by atoms with Crippen LogP contribution in [0.3, 0.4) is 0 Å². The van der Waals surface area contributed by atoms with Crippen LogP contribution in [0.25, 0.3) is 0 Å². The first-order valence-electron chi connectivity index (χ1n) is 4.16. The van der Waals surface area contributed by atoms with Crippen LogP contribution in [0.1, 0.15) is 26.7 Å². The van der Waals surface area contributed by atoms with E-state index in [-0.39, 0.29) is 12.3 Å². The van der Waals surface area contributed by atoms with E-state index >= 15 is 0 Å². The Morgan fingerprint density at radius 2 is 2.36 bits per heavy atom. The predicted octanol–water partition coefficient (Wildman–Crippen LogP) is 0.483. The average Bonchev–Trinajstić information content (AvgIpc) is 2.26. The molecule has 11 heavy (non-hydrogen) atoms. The van der Waals surface area contributed by atoms with Crippen molar-refractivity contribution in [2.75, 3.05) is 13.2 Å². The Morgan fingerprint density at radius 1 is 1.64 bits per heavy atom. The first-order chi connectivity index (χ1) is 5.14. The van der Waals surface area contributed by atoms with Gasteiger partial charge in [0.25, 0.3) is 0 Å². The Bertz CT molecular complexity index is 125. The molecule has 1 rings (SSSR count). The number of rotatable bonds is 3. The monoisotopic (exact) mass is 159 g/mol. The van der Waals surface area contributed by atoms with Gasteiger partial charge < -0.3 is 9.84 Å². The van der Waals surface area contributed by atoms with Crippen molar-refractivity contribution in [2.24, 2.45) is 0 Å². The molecule has 66 valence electrons. The quantitative estimate of drug-likeness (QED) is 0.629. The minimum Gasteiger partial charge on any atom is -0.396 e. The van der Waals surface area contributed by atoms with Gasteiger partial charge in [0.15, 0.2) is 0 Å². The van der Waals surface area contributed by atoms with E-state index in [4.69, 9.17) is 9.84 Å². The van der Waals surface area contributed by atoms with Gasteiger partial charge >= 0.3 is 0 Å². The maximum atomic E-state index is 8.59. The molecule has 2 N–H and O–H groups in total. The van der Waals surface area contributed by atoms with Crippen LogP contribution in [0.4, 0.5) is 0 Å². The van der Waals surface area contributed by atoms with E-state index < -0.39 is 0 Å². The van der Waals surface area contributed by atoms with Gasteiger partial charge in [0.1, 0.15) is 5.72 Å². The molecule has 0 aromatic carbocycles. The normalized spacial score (nSPS) is 29.2. The van der Waals surface area contributed by atoms with Gasteiger partial charge in [-0.15, -0.1) is 0 Å². The second kappa shape index (κ2) is 3.52. The number of hydrogen-bond donors (Lipinski definition) is 2. The van der Waals surface area contributed by atoms with Crippen molar-refractivity contribution in [1.29, 1.82) is 0 Å². The largest absolute Gasteiger partial charge is 0.396 e. The predicted molar refractivity (Wildman–Crippen MR) is 43.3 cm³/mol. The SMILES string of the molecule is CC1(C)N[C@H](CCCO)CO1. The molecule has 1 fully saturated rings. The van der Waals surface area contributed by atoms with Gasteiger partial charge in [-0.05, 0) is 26.7 Å². The molecule has 0 spiro atoms. The second-order valence-corrected chi connectivity index (χ2v) is 3.53. The molecule has 0 aliphatic carbocycles. The molecule has 0 amide bonds. The standard InChI is InChI=1S/C8H17NO2/c1-8(2)9-7(6-11-8)4-3-5-10/h7,9-10H,3-6H2,1-2H3/t7-/m1/s1. The Balaban J connectivity index is 2.20. The summed E-state index contributed by atoms with van der Waals surface area (Å²) in [4.78, 5) is 0. The highest BCUT2D eigenvalue weighted by Crippen LogP contribution is 2.16. The van der Waals surface area contributed by atoms with Gasteiger partial charge in [-0.1, -0.05) is 0 Å². The number of aliphatic hydroxyl groups excluding tert-OH is 1. The number of ether oxygens (including phenoxy) is 1. The van der Waals surface area contributed by atoms with Gasteiger partial charge in [-0.25, -0.2) is 0 Å². The molecule has 0 unspecified atom stereocenters. The highest BCUT2D eigenvalue weighted by molar-refractivity contribution is 4.81. The summed E-state index contributed by atoms with van der Waals surface area (Å²) < 4.78 is 5.46. The highest BCUT2D eigenvalue weighted by atomic mass is 16.5. The highest BCUT2D eigenvalue weighted by Gasteiger charge is 2.29. The van der Waals surface area contributed by atoms with Gasteiger partial charge in [0.2, 0.25) is 0 Å². The summed E-state index contributed by atoms with van der Waals surface area (Å²) in [5.74, 6) is 0. The zero-order valence-corrected chi connectivity index (χ0v) is 7.26. The number of hydrogen-bond acceptors (Lipinski definition) is 3. The van der Waals surface area contributed by atoms with Crippen LogP contribution in [-0.4, -0.2) is 30.1 Å². The fourth-order valence-corrected chi connectivity index (χ4v) is 1.38. The molecule has 0 aromatic heterocycles. The third-order valence-electron chi connectivity index (χ3n) is 1.91. The van der Waals surface area contributed by atoms with Crippen LogP contribution in [-0.2, 0) is 4.74 Å². The van der Waals surface area contributed by atoms with Gasteiger partial charge in [0.05, 0.1) is 6.61 Å². The Kier molecular flexibility index (Phi) is 2.87. The van der Waals surface area contributed by atoms with Gasteiger partial charge in [-0.2, -0.15) is 0 Å². The molecular weight excluding hydrogens is 142 g/mol. The van der Waals surface area contributed by atoms with E-state index in [0.29, 0.717) is 6.04 Å². The van der Waals surface area contributed by atoms with E-state index in [9.17, 15) is 0 Å². The smallest absolute Gasteiger partial charge is 0.113 e. The fraction of sp³-hybridized carbons (Fsp3) is 1.00. The first-order valence-corrected chi connectivity index (χ1v) is 4.16. The van der Waals surface area contributed by atoms with Crippen molar-refractivity contribution < 1.29 is 9.84 Å². The van der Waals surface area contributed by atoms with Gasteiger partial charge in [0, 0.05) is 12.6 Å². The zero-order chi connectivity index (χ0) is 8.32. The van der Waals surface area contributed by atoms with E-state index in [2.05, 4.69) is 5.32 Å². The minimum absolute atomic E-state index is 0.167.